The van der Waals surface area contributed by atoms with Crippen LogP contribution >= 0.6 is 0 Å². The highest BCUT2D eigenvalue weighted by molar-refractivity contribution is 5.94. The van der Waals surface area contributed by atoms with Gasteiger partial charge in [-0.1, -0.05) is 0 Å². The molecule has 0 aliphatic carbocycles. The largest absolute Gasteiger partial charge is 0.481 e. The van der Waals surface area contributed by atoms with Crippen LogP contribution in [0, 0.1) is 0 Å². The van der Waals surface area contributed by atoms with Gasteiger partial charge in [-0.3, -0.25) is 24.0 Å². The van der Waals surface area contributed by atoms with Crippen LogP contribution in [0.2, 0.25) is 0 Å². The van der Waals surface area contributed by atoms with Crippen molar-refractivity contribution in [3.63, 3.8) is 0 Å². The number of carboxylic acid groups (broad SMARTS) is 3. The van der Waals surface area contributed by atoms with E-state index in [1.807, 2.05) is 0 Å². The Kier molecular flexibility index (Phi) is 11.8. The predicted molar refractivity (Wildman–Crippen MR) is 115 cm³/mol. The average Bonchev–Trinajstić information content (AvgIpc) is 3.29. The first-order valence-corrected chi connectivity index (χ1v) is 10.4. The minimum Gasteiger partial charge on any atom is -0.481 e. The molecular formula is C19H28N6O10. The SMILES string of the molecule is NC(Cc1cnc[nH]1)C(=O)NC(CO)C(=O)NC(CCC(=O)O)C(=O)NC(CCC(=O)O)C(=O)O. The third kappa shape index (κ3) is 10.6. The molecule has 0 saturated carbocycles. The number of aliphatic hydroxyl groups excluding tert-OH is 1. The smallest absolute Gasteiger partial charge is 0.326 e. The fraction of sp³-hybridized carbons (Fsp3) is 0.526. The lowest BCUT2D eigenvalue weighted by atomic mass is 10.1. The van der Waals surface area contributed by atoms with Crippen LogP contribution in [0.1, 0.15) is 31.4 Å². The van der Waals surface area contributed by atoms with Gasteiger partial charge in [0.2, 0.25) is 17.7 Å². The maximum atomic E-state index is 12.6. The molecule has 16 nitrogen and oxygen atoms in total. The predicted octanol–water partition coefficient (Wildman–Crippen LogP) is -3.46. The minimum atomic E-state index is -1.61. The molecule has 4 atom stereocenters. The highest BCUT2D eigenvalue weighted by Gasteiger charge is 2.30. The highest BCUT2D eigenvalue weighted by Crippen LogP contribution is 2.04. The molecule has 0 aliphatic rings. The molecule has 0 aromatic carbocycles. The van der Waals surface area contributed by atoms with Gasteiger partial charge in [0.1, 0.15) is 18.1 Å². The number of hydrogen-bond acceptors (Lipinski definition) is 9. The van der Waals surface area contributed by atoms with E-state index in [0.717, 1.165) is 0 Å². The number of H-pyrrole nitrogens is 1. The summed E-state index contributed by atoms with van der Waals surface area (Å²) in [6.07, 6.45) is 0.793. The zero-order valence-corrected chi connectivity index (χ0v) is 18.5. The van der Waals surface area contributed by atoms with Crippen LogP contribution in [0.5, 0.6) is 0 Å². The monoisotopic (exact) mass is 500 g/mol. The number of imidazole rings is 1. The van der Waals surface area contributed by atoms with E-state index in [1.54, 1.807) is 0 Å². The van der Waals surface area contributed by atoms with Gasteiger partial charge in [-0.2, -0.15) is 0 Å². The average molecular weight is 500 g/mol. The van der Waals surface area contributed by atoms with Crippen LogP contribution in [0.15, 0.2) is 12.5 Å². The van der Waals surface area contributed by atoms with Crippen molar-refractivity contribution in [2.24, 2.45) is 5.73 Å². The molecule has 3 amide bonds. The van der Waals surface area contributed by atoms with Crippen molar-refractivity contribution in [2.45, 2.75) is 56.3 Å². The van der Waals surface area contributed by atoms with Crippen molar-refractivity contribution >= 4 is 35.6 Å². The van der Waals surface area contributed by atoms with Gasteiger partial charge in [0.15, 0.2) is 0 Å². The second kappa shape index (κ2) is 14.3. The van der Waals surface area contributed by atoms with Gasteiger partial charge in [-0.15, -0.1) is 0 Å². The molecular weight excluding hydrogens is 472 g/mol. The summed E-state index contributed by atoms with van der Waals surface area (Å²) in [6.45, 7) is -0.891. The lowest BCUT2D eigenvalue weighted by Crippen LogP contribution is -2.58. The molecule has 0 aliphatic heterocycles. The Morgan fingerprint density at radius 3 is 1.86 bits per heavy atom. The number of aliphatic carboxylic acids is 3. The summed E-state index contributed by atoms with van der Waals surface area (Å²) in [6, 6.07) is -5.85. The fourth-order valence-corrected chi connectivity index (χ4v) is 2.81. The van der Waals surface area contributed by atoms with Crippen molar-refractivity contribution in [3.05, 3.63) is 18.2 Å². The van der Waals surface area contributed by atoms with Crippen LogP contribution < -0.4 is 21.7 Å². The third-order valence-corrected chi connectivity index (χ3v) is 4.69. The number of aromatic nitrogens is 2. The summed E-state index contributed by atoms with van der Waals surface area (Å²) >= 11 is 0. The van der Waals surface area contributed by atoms with Crippen LogP contribution in [-0.2, 0) is 35.2 Å². The summed E-state index contributed by atoms with van der Waals surface area (Å²) in [7, 11) is 0. The Morgan fingerprint density at radius 1 is 0.857 bits per heavy atom. The first-order chi connectivity index (χ1) is 16.4. The molecule has 4 unspecified atom stereocenters. The number of hydrogen-bond donors (Lipinski definition) is 9. The van der Waals surface area contributed by atoms with E-state index in [4.69, 9.17) is 15.9 Å². The molecule has 0 bridgehead atoms. The number of nitrogens with two attached hydrogens (primary N) is 1. The van der Waals surface area contributed by atoms with Crippen LogP contribution in [0.4, 0.5) is 0 Å². The molecule has 0 spiro atoms. The van der Waals surface area contributed by atoms with Crippen molar-refractivity contribution < 1.29 is 49.2 Å². The van der Waals surface area contributed by atoms with E-state index >= 15 is 0 Å². The summed E-state index contributed by atoms with van der Waals surface area (Å²) in [5.74, 6) is -7.09. The Morgan fingerprint density at radius 2 is 1.37 bits per heavy atom. The second-order valence-corrected chi connectivity index (χ2v) is 7.46. The molecule has 1 heterocycles. The van der Waals surface area contributed by atoms with Gasteiger partial charge < -0.3 is 47.1 Å². The molecule has 194 valence electrons. The lowest BCUT2D eigenvalue weighted by molar-refractivity contribution is -0.144. The van der Waals surface area contributed by atoms with Crippen molar-refractivity contribution in [2.75, 3.05) is 6.61 Å². The van der Waals surface area contributed by atoms with Gasteiger partial charge in [0.25, 0.3) is 0 Å². The van der Waals surface area contributed by atoms with Gasteiger partial charge in [-0.05, 0) is 12.8 Å². The van der Waals surface area contributed by atoms with Gasteiger partial charge in [-0.25, -0.2) is 9.78 Å². The molecule has 0 saturated heterocycles. The standard InChI is InChI=1S/C19H28N6O10/c20-10(5-9-6-21-8-22-9)16(31)25-13(7-26)18(33)23-11(1-3-14(27)28)17(32)24-12(19(34)35)2-4-15(29)30/h6,8,10-13,26H,1-5,7,20H2,(H,21,22)(H,23,33)(H,24,32)(H,25,31)(H,27,28)(H,29,30)(H,34,35). The van der Waals surface area contributed by atoms with Gasteiger partial charge >= 0.3 is 17.9 Å². The first kappa shape index (κ1) is 29.0. The number of rotatable bonds is 16. The molecule has 1 aromatic rings. The molecule has 35 heavy (non-hydrogen) atoms. The number of carbonyl (C=O) groups excluding carboxylic acids is 3. The van der Waals surface area contributed by atoms with E-state index in [9.17, 15) is 39.0 Å². The lowest BCUT2D eigenvalue weighted by Gasteiger charge is -2.24. The van der Waals surface area contributed by atoms with Crippen molar-refractivity contribution in [1.29, 1.82) is 0 Å². The fourth-order valence-electron chi connectivity index (χ4n) is 2.81. The van der Waals surface area contributed by atoms with E-state index in [0.29, 0.717) is 5.69 Å². The number of amides is 3. The zero-order valence-electron chi connectivity index (χ0n) is 18.5. The van der Waals surface area contributed by atoms with Crippen LogP contribution in [-0.4, -0.2) is 96.8 Å². The van der Waals surface area contributed by atoms with E-state index in [-0.39, 0.29) is 6.42 Å². The number of aromatic amines is 1. The Bertz CT molecular complexity index is 906. The minimum absolute atomic E-state index is 0.0438. The molecule has 16 heteroatoms. The van der Waals surface area contributed by atoms with Crippen molar-refractivity contribution in [3.8, 4) is 0 Å². The second-order valence-electron chi connectivity index (χ2n) is 7.46. The quantitative estimate of drug-likeness (QED) is 0.107. The van der Waals surface area contributed by atoms with Crippen LogP contribution in [0.25, 0.3) is 0 Å². The number of aliphatic hydroxyl groups is 1. The van der Waals surface area contributed by atoms with E-state index in [2.05, 4.69) is 25.9 Å². The summed E-state index contributed by atoms with van der Waals surface area (Å²) in [5, 5.41) is 42.8. The number of carboxylic acids is 3. The topological polar surface area (TPSA) is 274 Å². The van der Waals surface area contributed by atoms with E-state index < -0.39 is 92.1 Å². The number of nitrogens with one attached hydrogen (secondary N) is 4. The summed E-state index contributed by atoms with van der Waals surface area (Å²) < 4.78 is 0. The van der Waals surface area contributed by atoms with Gasteiger partial charge in [0, 0.05) is 31.2 Å². The number of carbonyl (C=O) groups is 6. The van der Waals surface area contributed by atoms with Crippen molar-refractivity contribution in [1.82, 2.24) is 25.9 Å². The molecule has 1 aromatic heterocycles. The van der Waals surface area contributed by atoms with E-state index in [1.165, 1.54) is 12.5 Å². The molecule has 0 radical (unpaired) electrons. The highest BCUT2D eigenvalue weighted by atomic mass is 16.4. The third-order valence-electron chi connectivity index (χ3n) is 4.69. The maximum Gasteiger partial charge on any atom is 0.326 e. The first-order valence-electron chi connectivity index (χ1n) is 10.4. The number of nitrogens with zero attached hydrogens (tertiary/aromatic N) is 1. The molecule has 0 fully saturated rings. The van der Waals surface area contributed by atoms with Crippen LogP contribution in [0.3, 0.4) is 0 Å². The Balaban J connectivity index is 2.85. The normalized spacial score (nSPS) is 14.1. The summed E-state index contributed by atoms with van der Waals surface area (Å²) in [4.78, 5) is 76.9. The molecule has 10 N–H and O–H groups in total. The summed E-state index contributed by atoms with van der Waals surface area (Å²) in [5.41, 5.74) is 6.32. The maximum absolute atomic E-state index is 12.6. The zero-order chi connectivity index (χ0) is 26.5. The Labute approximate surface area is 198 Å². The molecule has 1 rings (SSSR count). The van der Waals surface area contributed by atoms with Gasteiger partial charge in [0.05, 0.1) is 19.0 Å². The Hall–Kier alpha value is -4.05.